The van der Waals surface area contributed by atoms with Crippen molar-refractivity contribution in [2.75, 3.05) is 0 Å². The van der Waals surface area contributed by atoms with Crippen molar-refractivity contribution in [1.82, 2.24) is 10.3 Å². The molecule has 0 bridgehead atoms. The van der Waals surface area contributed by atoms with Crippen LogP contribution in [0.25, 0.3) is 0 Å². The zero-order valence-electron chi connectivity index (χ0n) is 9.03. The van der Waals surface area contributed by atoms with Crippen LogP contribution in [-0.2, 0) is 13.1 Å². The third kappa shape index (κ3) is 2.93. The Kier molecular flexibility index (Phi) is 3.74. The van der Waals surface area contributed by atoms with Crippen molar-refractivity contribution < 1.29 is 4.42 Å². The molecule has 84 valence electrons. The lowest BCUT2D eigenvalue weighted by Gasteiger charge is -2.05. The molecule has 16 heavy (non-hydrogen) atoms. The molecular weight excluding hydrogens is 268 g/mol. The third-order valence-corrected chi connectivity index (χ3v) is 2.82. The summed E-state index contributed by atoms with van der Waals surface area (Å²) in [6.07, 6.45) is 3.70. The second-order valence-corrected chi connectivity index (χ2v) is 4.39. The first-order valence-electron chi connectivity index (χ1n) is 5.10. The molecule has 1 N–H and O–H groups in total. The maximum atomic E-state index is 5.39. The number of furan rings is 1. The van der Waals surface area contributed by atoms with E-state index in [0.717, 1.165) is 23.5 Å². The lowest BCUT2D eigenvalue weighted by Crippen LogP contribution is -2.13. The van der Waals surface area contributed by atoms with Crippen LogP contribution in [0.15, 0.2) is 39.7 Å². The van der Waals surface area contributed by atoms with Gasteiger partial charge >= 0.3 is 0 Å². The molecule has 0 saturated heterocycles. The van der Waals surface area contributed by atoms with Gasteiger partial charge in [-0.05, 0) is 52.2 Å². The second-order valence-electron chi connectivity index (χ2n) is 3.61. The number of halogens is 1. The molecule has 2 aromatic rings. The average Bonchev–Trinajstić information content (AvgIpc) is 2.67. The predicted molar refractivity (Wildman–Crippen MR) is 65.9 cm³/mol. The van der Waals surface area contributed by atoms with Crippen molar-refractivity contribution in [3.8, 4) is 0 Å². The number of aromatic nitrogens is 1. The lowest BCUT2D eigenvalue weighted by atomic mass is 10.1. The standard InChI is InChI=1S/C12H13BrN2O/c1-9-4-5-14-6-10(9)7-15-8-11-2-3-12(13)16-11/h2-6,15H,7-8H2,1H3. The highest BCUT2D eigenvalue weighted by Crippen LogP contribution is 2.13. The first-order chi connectivity index (χ1) is 7.75. The monoisotopic (exact) mass is 280 g/mol. The highest BCUT2D eigenvalue weighted by Gasteiger charge is 2.00. The molecule has 0 saturated carbocycles. The molecule has 0 unspecified atom stereocenters. The van der Waals surface area contributed by atoms with Crippen LogP contribution in [0.1, 0.15) is 16.9 Å². The van der Waals surface area contributed by atoms with E-state index >= 15 is 0 Å². The van der Waals surface area contributed by atoms with Gasteiger partial charge in [0.15, 0.2) is 4.67 Å². The van der Waals surface area contributed by atoms with Gasteiger partial charge in [0.2, 0.25) is 0 Å². The van der Waals surface area contributed by atoms with E-state index in [4.69, 9.17) is 4.42 Å². The summed E-state index contributed by atoms with van der Waals surface area (Å²) in [6, 6.07) is 5.86. The van der Waals surface area contributed by atoms with E-state index in [0.29, 0.717) is 0 Å². The molecule has 0 spiro atoms. The third-order valence-electron chi connectivity index (χ3n) is 2.39. The lowest BCUT2D eigenvalue weighted by molar-refractivity contribution is 0.465. The van der Waals surface area contributed by atoms with Crippen molar-refractivity contribution in [2.24, 2.45) is 0 Å². The molecule has 2 aromatic heterocycles. The summed E-state index contributed by atoms with van der Waals surface area (Å²) in [7, 11) is 0. The molecule has 2 rings (SSSR count). The maximum absolute atomic E-state index is 5.39. The van der Waals surface area contributed by atoms with Gasteiger partial charge in [-0.1, -0.05) is 0 Å². The van der Waals surface area contributed by atoms with Crippen LogP contribution in [0.3, 0.4) is 0 Å². The fourth-order valence-electron chi connectivity index (χ4n) is 1.45. The van der Waals surface area contributed by atoms with E-state index in [1.54, 1.807) is 0 Å². The molecule has 0 fully saturated rings. The largest absolute Gasteiger partial charge is 0.453 e. The Labute approximate surface area is 103 Å². The number of nitrogens with one attached hydrogen (secondary N) is 1. The summed E-state index contributed by atoms with van der Waals surface area (Å²) in [5, 5.41) is 3.32. The first kappa shape index (κ1) is 11.4. The highest BCUT2D eigenvalue weighted by molar-refractivity contribution is 9.10. The quantitative estimate of drug-likeness (QED) is 0.936. The van der Waals surface area contributed by atoms with Gasteiger partial charge in [-0.3, -0.25) is 4.98 Å². The summed E-state index contributed by atoms with van der Waals surface area (Å²) < 4.78 is 6.16. The number of hydrogen-bond acceptors (Lipinski definition) is 3. The number of hydrogen-bond donors (Lipinski definition) is 1. The number of aryl methyl sites for hydroxylation is 1. The van der Waals surface area contributed by atoms with E-state index in [1.807, 2.05) is 30.6 Å². The van der Waals surface area contributed by atoms with Crippen LogP contribution in [0.5, 0.6) is 0 Å². The summed E-state index contributed by atoms with van der Waals surface area (Å²) in [6.45, 7) is 3.61. The predicted octanol–water partition coefficient (Wildman–Crippen LogP) is 3.04. The number of rotatable bonds is 4. The first-order valence-corrected chi connectivity index (χ1v) is 5.89. The fourth-order valence-corrected chi connectivity index (χ4v) is 1.79. The molecule has 0 aliphatic rings. The normalized spacial score (nSPS) is 10.6. The molecule has 0 aliphatic carbocycles. The van der Waals surface area contributed by atoms with Crippen molar-refractivity contribution in [3.63, 3.8) is 0 Å². The fraction of sp³-hybridized carbons (Fsp3) is 0.250. The Balaban J connectivity index is 1.87. The van der Waals surface area contributed by atoms with Crippen LogP contribution in [0.4, 0.5) is 0 Å². The van der Waals surface area contributed by atoms with E-state index in [2.05, 4.69) is 33.2 Å². The number of nitrogens with zero attached hydrogens (tertiary/aromatic N) is 1. The van der Waals surface area contributed by atoms with Gasteiger partial charge in [0.05, 0.1) is 6.54 Å². The highest BCUT2D eigenvalue weighted by atomic mass is 79.9. The molecule has 0 aliphatic heterocycles. The molecule has 4 heteroatoms. The molecule has 3 nitrogen and oxygen atoms in total. The Morgan fingerprint density at radius 1 is 1.31 bits per heavy atom. The van der Waals surface area contributed by atoms with Crippen LogP contribution >= 0.6 is 15.9 Å². The molecule has 0 aromatic carbocycles. The minimum Gasteiger partial charge on any atom is -0.453 e. The minimum atomic E-state index is 0.722. The van der Waals surface area contributed by atoms with Crippen LogP contribution < -0.4 is 5.32 Å². The van der Waals surface area contributed by atoms with Gasteiger partial charge in [0.25, 0.3) is 0 Å². The van der Waals surface area contributed by atoms with Gasteiger partial charge in [-0.15, -0.1) is 0 Å². The van der Waals surface area contributed by atoms with Crippen molar-refractivity contribution in [1.29, 1.82) is 0 Å². The minimum absolute atomic E-state index is 0.722. The smallest absolute Gasteiger partial charge is 0.169 e. The van der Waals surface area contributed by atoms with E-state index < -0.39 is 0 Å². The van der Waals surface area contributed by atoms with Gasteiger partial charge in [0, 0.05) is 18.9 Å². The zero-order chi connectivity index (χ0) is 11.4. The Morgan fingerprint density at radius 3 is 2.88 bits per heavy atom. The second kappa shape index (κ2) is 5.27. The van der Waals surface area contributed by atoms with Crippen molar-refractivity contribution >= 4 is 15.9 Å². The summed E-state index contributed by atoms with van der Waals surface area (Å²) in [5.74, 6) is 0.924. The van der Waals surface area contributed by atoms with Crippen molar-refractivity contribution in [2.45, 2.75) is 20.0 Å². The van der Waals surface area contributed by atoms with Gasteiger partial charge in [-0.25, -0.2) is 0 Å². The number of pyridine rings is 1. The summed E-state index contributed by atoms with van der Waals surface area (Å²) in [5.41, 5.74) is 2.47. The van der Waals surface area contributed by atoms with E-state index in [9.17, 15) is 0 Å². The molecule has 0 atom stereocenters. The summed E-state index contributed by atoms with van der Waals surface area (Å²) >= 11 is 3.28. The van der Waals surface area contributed by atoms with Gasteiger partial charge in [-0.2, -0.15) is 0 Å². The van der Waals surface area contributed by atoms with Gasteiger partial charge < -0.3 is 9.73 Å². The molecular formula is C12H13BrN2O. The van der Waals surface area contributed by atoms with Crippen LogP contribution in [-0.4, -0.2) is 4.98 Å². The SMILES string of the molecule is Cc1ccncc1CNCc1ccc(Br)o1. The molecule has 2 heterocycles. The molecule has 0 radical (unpaired) electrons. The summed E-state index contributed by atoms with van der Waals surface area (Å²) in [4.78, 5) is 4.10. The Morgan fingerprint density at radius 2 is 2.19 bits per heavy atom. The van der Waals surface area contributed by atoms with Crippen LogP contribution in [0, 0.1) is 6.92 Å². The topological polar surface area (TPSA) is 38.1 Å². The van der Waals surface area contributed by atoms with Crippen molar-refractivity contribution in [3.05, 3.63) is 52.1 Å². The molecule has 0 amide bonds. The Hall–Kier alpha value is -1.13. The van der Waals surface area contributed by atoms with Crippen LogP contribution in [0.2, 0.25) is 0 Å². The maximum Gasteiger partial charge on any atom is 0.169 e. The van der Waals surface area contributed by atoms with Gasteiger partial charge in [0.1, 0.15) is 5.76 Å². The van der Waals surface area contributed by atoms with E-state index in [-0.39, 0.29) is 0 Å². The van der Waals surface area contributed by atoms with E-state index in [1.165, 1.54) is 11.1 Å². The zero-order valence-corrected chi connectivity index (χ0v) is 10.6. The Bertz CT molecular complexity index is 468. The average molecular weight is 281 g/mol.